The molecule has 0 atom stereocenters. The predicted molar refractivity (Wildman–Crippen MR) is 101 cm³/mol. The molecule has 0 saturated heterocycles. The second-order valence-corrected chi connectivity index (χ2v) is 8.61. The van der Waals surface area contributed by atoms with Gasteiger partial charge in [-0.25, -0.2) is 8.42 Å². The summed E-state index contributed by atoms with van der Waals surface area (Å²) in [6.07, 6.45) is 0. The van der Waals surface area contributed by atoms with Crippen molar-refractivity contribution in [2.45, 2.75) is 11.8 Å². The van der Waals surface area contributed by atoms with Gasteiger partial charge in [0.1, 0.15) is 0 Å². The van der Waals surface area contributed by atoms with Crippen LogP contribution in [0.5, 0.6) is 0 Å². The van der Waals surface area contributed by atoms with Gasteiger partial charge in [0.15, 0.2) is 10.9 Å². The second kappa shape index (κ2) is 8.23. The summed E-state index contributed by atoms with van der Waals surface area (Å²) < 4.78 is 27.3. The van der Waals surface area contributed by atoms with Crippen LogP contribution in [0, 0.1) is 0 Å². The first-order valence-corrected chi connectivity index (χ1v) is 10.2. The molecule has 0 fully saturated rings. The molecule has 0 spiro atoms. The van der Waals surface area contributed by atoms with Crippen molar-refractivity contribution >= 4 is 61.6 Å². The van der Waals surface area contributed by atoms with Gasteiger partial charge in [0, 0.05) is 12.5 Å². The minimum atomic E-state index is -3.91. The minimum Gasteiger partial charge on any atom is -0.293 e. The maximum atomic E-state index is 12.5. The van der Waals surface area contributed by atoms with Gasteiger partial charge in [0.25, 0.3) is 10.0 Å². The summed E-state index contributed by atoms with van der Waals surface area (Å²) in [6.45, 7) is 1.36. The van der Waals surface area contributed by atoms with Gasteiger partial charge in [-0.05, 0) is 30.3 Å². The van der Waals surface area contributed by atoms with E-state index in [1.165, 1.54) is 49.4 Å². The highest BCUT2D eigenvalue weighted by Gasteiger charge is 2.17. The Morgan fingerprint density at radius 3 is 2.44 bits per heavy atom. The van der Waals surface area contributed by atoms with E-state index in [1.54, 1.807) is 0 Å². The standard InChI is InChI=1S/C16H13Cl2NO4S2/c1-10(20)24-9-16(21)11-3-2-4-13(7-11)25(22,23)19-12-5-6-14(17)15(18)8-12/h2-8,19H,9H2,1H3. The third-order valence-electron chi connectivity index (χ3n) is 3.04. The summed E-state index contributed by atoms with van der Waals surface area (Å²) in [5.74, 6) is -0.370. The Kier molecular flexibility index (Phi) is 6.51. The maximum absolute atomic E-state index is 12.5. The number of thioether (sulfide) groups is 1. The lowest BCUT2D eigenvalue weighted by atomic mass is 10.1. The van der Waals surface area contributed by atoms with Gasteiger partial charge in [0.2, 0.25) is 0 Å². The molecule has 0 aliphatic heterocycles. The van der Waals surface area contributed by atoms with Crippen LogP contribution >= 0.6 is 35.0 Å². The molecule has 5 nitrogen and oxygen atoms in total. The van der Waals surface area contributed by atoms with Gasteiger partial charge in [-0.15, -0.1) is 0 Å². The normalized spacial score (nSPS) is 11.2. The Hall–Kier alpha value is -1.54. The first kappa shape index (κ1) is 19.8. The highest BCUT2D eigenvalue weighted by Crippen LogP contribution is 2.26. The molecule has 1 N–H and O–H groups in total. The fourth-order valence-electron chi connectivity index (χ4n) is 1.86. The topological polar surface area (TPSA) is 80.3 Å². The summed E-state index contributed by atoms with van der Waals surface area (Å²) in [7, 11) is -3.91. The molecule has 0 aromatic heterocycles. The zero-order valence-electron chi connectivity index (χ0n) is 13.0. The van der Waals surface area contributed by atoms with E-state index in [-0.39, 0.29) is 37.8 Å². The number of carbonyl (C=O) groups is 2. The third-order valence-corrected chi connectivity index (χ3v) is 5.98. The van der Waals surface area contributed by atoms with Crippen LogP contribution in [0.4, 0.5) is 5.69 Å². The number of hydrogen-bond donors (Lipinski definition) is 1. The average molecular weight is 418 g/mol. The summed E-state index contributed by atoms with van der Waals surface area (Å²) in [4.78, 5) is 22.9. The summed E-state index contributed by atoms with van der Waals surface area (Å²) in [6, 6.07) is 9.94. The molecule has 2 aromatic rings. The van der Waals surface area contributed by atoms with Crippen molar-refractivity contribution < 1.29 is 18.0 Å². The van der Waals surface area contributed by atoms with E-state index in [4.69, 9.17) is 23.2 Å². The van der Waals surface area contributed by atoms with Crippen molar-refractivity contribution in [3.8, 4) is 0 Å². The van der Waals surface area contributed by atoms with E-state index < -0.39 is 10.0 Å². The Labute approximate surface area is 159 Å². The lowest BCUT2D eigenvalue weighted by Gasteiger charge is -2.10. The van der Waals surface area contributed by atoms with Crippen molar-refractivity contribution in [1.29, 1.82) is 0 Å². The van der Waals surface area contributed by atoms with Crippen LogP contribution in [-0.2, 0) is 14.8 Å². The monoisotopic (exact) mass is 417 g/mol. The van der Waals surface area contributed by atoms with Gasteiger partial charge in [-0.3, -0.25) is 14.3 Å². The smallest absolute Gasteiger partial charge is 0.261 e. The van der Waals surface area contributed by atoms with Gasteiger partial charge in [-0.1, -0.05) is 47.1 Å². The summed E-state index contributed by atoms with van der Waals surface area (Å²) >= 11 is 12.6. The second-order valence-electron chi connectivity index (χ2n) is 4.97. The first-order chi connectivity index (χ1) is 11.7. The van der Waals surface area contributed by atoms with Gasteiger partial charge < -0.3 is 0 Å². The molecule has 9 heteroatoms. The van der Waals surface area contributed by atoms with E-state index in [0.717, 1.165) is 11.8 Å². The Balaban J connectivity index is 2.24. The minimum absolute atomic E-state index is 0.0426. The molecular formula is C16H13Cl2NO4S2. The van der Waals surface area contributed by atoms with Crippen LogP contribution in [0.2, 0.25) is 10.0 Å². The molecule has 0 radical (unpaired) electrons. The number of hydrogen-bond acceptors (Lipinski definition) is 5. The van der Waals surface area contributed by atoms with Crippen LogP contribution in [0.3, 0.4) is 0 Å². The van der Waals surface area contributed by atoms with Crippen LogP contribution < -0.4 is 4.72 Å². The van der Waals surface area contributed by atoms with Crippen LogP contribution in [0.1, 0.15) is 17.3 Å². The quantitative estimate of drug-likeness (QED) is 0.710. The Morgan fingerprint density at radius 1 is 1.08 bits per heavy atom. The van der Waals surface area contributed by atoms with Crippen LogP contribution in [0.25, 0.3) is 0 Å². The fourth-order valence-corrected chi connectivity index (χ4v) is 3.75. The van der Waals surface area contributed by atoms with Gasteiger partial charge in [-0.2, -0.15) is 0 Å². The van der Waals surface area contributed by atoms with Crippen molar-refractivity contribution in [2.75, 3.05) is 10.5 Å². The molecule has 0 aliphatic rings. The van der Waals surface area contributed by atoms with Gasteiger partial charge >= 0.3 is 0 Å². The number of carbonyl (C=O) groups excluding carboxylic acids is 2. The molecule has 0 bridgehead atoms. The summed E-state index contributed by atoms with van der Waals surface area (Å²) in [5.41, 5.74) is 0.462. The molecular weight excluding hydrogens is 405 g/mol. The number of nitrogens with one attached hydrogen (secondary N) is 1. The zero-order valence-corrected chi connectivity index (χ0v) is 16.1. The Morgan fingerprint density at radius 2 is 1.80 bits per heavy atom. The number of anilines is 1. The number of Topliss-reactive ketones (excluding diaryl/α,β-unsaturated/α-hetero) is 1. The summed E-state index contributed by atoms with van der Waals surface area (Å²) in [5, 5.41) is 0.339. The molecule has 0 aliphatic carbocycles. The van der Waals surface area contributed by atoms with E-state index in [1.807, 2.05) is 0 Å². The lowest BCUT2D eigenvalue weighted by molar-refractivity contribution is -0.109. The number of rotatable bonds is 6. The molecule has 132 valence electrons. The number of halogens is 2. The molecule has 2 aromatic carbocycles. The van der Waals surface area contributed by atoms with E-state index in [2.05, 4.69) is 4.72 Å². The van der Waals surface area contributed by atoms with Crippen molar-refractivity contribution in [3.63, 3.8) is 0 Å². The van der Waals surface area contributed by atoms with Crippen LogP contribution in [-0.4, -0.2) is 25.1 Å². The maximum Gasteiger partial charge on any atom is 0.261 e. The Bertz CT molecular complexity index is 929. The number of ketones is 1. The lowest BCUT2D eigenvalue weighted by Crippen LogP contribution is -2.14. The number of sulfonamides is 1. The highest BCUT2D eigenvalue weighted by atomic mass is 35.5. The average Bonchev–Trinajstić information content (AvgIpc) is 2.56. The van der Waals surface area contributed by atoms with Crippen molar-refractivity contribution in [3.05, 3.63) is 58.1 Å². The first-order valence-electron chi connectivity index (χ1n) is 6.93. The van der Waals surface area contributed by atoms with Crippen molar-refractivity contribution in [2.24, 2.45) is 0 Å². The van der Waals surface area contributed by atoms with Crippen molar-refractivity contribution in [1.82, 2.24) is 0 Å². The highest BCUT2D eigenvalue weighted by molar-refractivity contribution is 8.14. The molecule has 0 saturated carbocycles. The van der Waals surface area contributed by atoms with Gasteiger partial charge in [0.05, 0.1) is 26.4 Å². The molecule has 0 unspecified atom stereocenters. The van der Waals surface area contributed by atoms with Crippen LogP contribution in [0.15, 0.2) is 47.4 Å². The largest absolute Gasteiger partial charge is 0.293 e. The zero-order chi connectivity index (χ0) is 18.6. The molecule has 2 rings (SSSR count). The number of benzene rings is 2. The molecule has 0 amide bonds. The predicted octanol–water partition coefficient (Wildman–Crippen LogP) is 4.26. The molecule has 0 heterocycles. The molecule has 25 heavy (non-hydrogen) atoms. The third kappa shape index (κ3) is 5.47. The van der Waals surface area contributed by atoms with E-state index in [0.29, 0.717) is 5.02 Å². The SMILES string of the molecule is CC(=O)SCC(=O)c1cccc(S(=O)(=O)Nc2ccc(Cl)c(Cl)c2)c1. The van der Waals surface area contributed by atoms with E-state index in [9.17, 15) is 18.0 Å². The van der Waals surface area contributed by atoms with E-state index >= 15 is 0 Å². The fraction of sp³-hybridized carbons (Fsp3) is 0.125.